The summed E-state index contributed by atoms with van der Waals surface area (Å²) in [6, 6.07) is 4.03. The number of rotatable bonds is 8. The maximum Gasteiger partial charge on any atom is 0.307 e. The fraction of sp³-hybridized carbons (Fsp3) is 0.588. The van der Waals surface area contributed by atoms with Crippen LogP contribution in [-0.4, -0.2) is 62.9 Å². The zero-order valence-electron chi connectivity index (χ0n) is 14.9. The van der Waals surface area contributed by atoms with Crippen LogP contribution in [0.5, 0.6) is 0 Å². The number of aromatic amines is 1. The van der Waals surface area contributed by atoms with Gasteiger partial charge in [0.1, 0.15) is 5.82 Å². The Morgan fingerprint density at radius 2 is 2.15 bits per heavy atom. The molecule has 1 fully saturated rings. The summed E-state index contributed by atoms with van der Waals surface area (Å²) >= 11 is 0. The average Bonchev–Trinajstić information content (AvgIpc) is 3.20. The number of carbonyl (C=O) groups is 1. The highest BCUT2D eigenvalue weighted by molar-refractivity contribution is 5.71. The molecule has 9 heteroatoms. The monoisotopic (exact) mass is 359 g/mol. The summed E-state index contributed by atoms with van der Waals surface area (Å²) in [5, 5.41) is 26.9. The molecule has 0 amide bonds. The lowest BCUT2D eigenvalue weighted by Gasteiger charge is -2.28. The van der Waals surface area contributed by atoms with Gasteiger partial charge in [0.15, 0.2) is 5.82 Å². The molecule has 1 saturated heterocycles. The predicted octanol–water partition coefficient (Wildman–Crippen LogP) is 0.831. The van der Waals surface area contributed by atoms with Gasteiger partial charge in [0, 0.05) is 38.3 Å². The molecule has 3 N–H and O–H groups in total. The van der Waals surface area contributed by atoms with Crippen LogP contribution in [0.1, 0.15) is 37.1 Å². The Bertz CT molecular complexity index is 684. The zero-order chi connectivity index (χ0) is 18.4. The van der Waals surface area contributed by atoms with E-state index in [0.29, 0.717) is 18.7 Å². The minimum absolute atomic E-state index is 0.311. The first-order valence-electron chi connectivity index (χ1n) is 9.06. The van der Waals surface area contributed by atoms with Gasteiger partial charge in [-0.1, -0.05) is 19.4 Å². The molecular formula is C17H25N7O2. The van der Waals surface area contributed by atoms with E-state index in [1.54, 1.807) is 0 Å². The number of carboxylic acids is 1. The van der Waals surface area contributed by atoms with Gasteiger partial charge in [-0.2, -0.15) is 0 Å². The summed E-state index contributed by atoms with van der Waals surface area (Å²) < 4.78 is 0. The second-order valence-corrected chi connectivity index (χ2v) is 6.59. The summed E-state index contributed by atoms with van der Waals surface area (Å²) in [5.41, 5.74) is 0.979. The third kappa shape index (κ3) is 4.34. The number of carboxylic acid groups (broad SMARTS) is 1. The van der Waals surface area contributed by atoms with Crippen LogP contribution in [0.15, 0.2) is 18.3 Å². The number of aliphatic carboxylic acids is 1. The SMILES string of the molecule is CCCC(C(=O)O)[C@H](Cc1ccc(N2CCNCC2)nc1)c1nnn[nH]1. The van der Waals surface area contributed by atoms with E-state index in [0.717, 1.165) is 44.0 Å². The molecule has 140 valence electrons. The highest BCUT2D eigenvalue weighted by Gasteiger charge is 2.31. The van der Waals surface area contributed by atoms with Crippen LogP contribution in [0.4, 0.5) is 5.82 Å². The van der Waals surface area contributed by atoms with Crippen molar-refractivity contribution in [3.63, 3.8) is 0 Å². The van der Waals surface area contributed by atoms with Crippen molar-refractivity contribution >= 4 is 11.8 Å². The molecule has 1 unspecified atom stereocenters. The van der Waals surface area contributed by atoms with Crippen LogP contribution >= 0.6 is 0 Å². The van der Waals surface area contributed by atoms with Crippen LogP contribution in [0.2, 0.25) is 0 Å². The number of anilines is 1. The van der Waals surface area contributed by atoms with E-state index in [1.807, 2.05) is 25.3 Å². The Morgan fingerprint density at radius 3 is 2.73 bits per heavy atom. The minimum Gasteiger partial charge on any atom is -0.481 e. The maximum atomic E-state index is 11.8. The summed E-state index contributed by atoms with van der Waals surface area (Å²) in [6.07, 6.45) is 3.73. The van der Waals surface area contributed by atoms with Gasteiger partial charge in [0.05, 0.1) is 5.92 Å². The first-order valence-corrected chi connectivity index (χ1v) is 9.06. The smallest absolute Gasteiger partial charge is 0.307 e. The van der Waals surface area contributed by atoms with E-state index >= 15 is 0 Å². The first-order chi connectivity index (χ1) is 12.7. The van der Waals surface area contributed by atoms with Gasteiger partial charge in [-0.25, -0.2) is 10.1 Å². The first kappa shape index (κ1) is 18.2. The molecule has 26 heavy (non-hydrogen) atoms. The molecule has 1 aliphatic heterocycles. The molecule has 2 atom stereocenters. The number of nitrogens with one attached hydrogen (secondary N) is 2. The Hall–Kier alpha value is -2.55. The lowest BCUT2D eigenvalue weighted by molar-refractivity contribution is -0.142. The topological polar surface area (TPSA) is 120 Å². The van der Waals surface area contributed by atoms with Gasteiger partial charge in [-0.05, 0) is 34.9 Å². The molecule has 3 rings (SSSR count). The molecule has 2 aromatic heterocycles. The third-order valence-electron chi connectivity index (χ3n) is 4.82. The third-order valence-corrected chi connectivity index (χ3v) is 4.82. The number of aromatic nitrogens is 5. The maximum absolute atomic E-state index is 11.8. The van der Waals surface area contributed by atoms with Crippen molar-refractivity contribution in [1.82, 2.24) is 30.9 Å². The van der Waals surface area contributed by atoms with Crippen LogP contribution in [0.3, 0.4) is 0 Å². The Labute approximate surface area is 152 Å². The number of piperazine rings is 1. The number of hydrogen-bond donors (Lipinski definition) is 3. The number of pyridine rings is 1. The molecular weight excluding hydrogens is 334 g/mol. The van der Waals surface area contributed by atoms with Crippen LogP contribution in [-0.2, 0) is 11.2 Å². The quantitative estimate of drug-likeness (QED) is 0.634. The molecule has 3 heterocycles. The van der Waals surface area contributed by atoms with Crippen molar-refractivity contribution in [2.45, 2.75) is 32.1 Å². The number of H-pyrrole nitrogens is 1. The van der Waals surface area contributed by atoms with Crippen LogP contribution < -0.4 is 10.2 Å². The summed E-state index contributed by atoms with van der Waals surface area (Å²) in [7, 11) is 0. The van der Waals surface area contributed by atoms with E-state index in [2.05, 4.69) is 35.8 Å². The standard InChI is InChI=1S/C17H25N7O2/c1-2-3-13(17(25)26)14(16-20-22-23-21-16)10-12-4-5-15(19-11-12)24-8-6-18-7-9-24/h4-5,11,13-14,18H,2-3,6-10H2,1H3,(H,25,26)(H,20,21,22,23)/t13?,14-/m0/s1. The second kappa shape index (κ2) is 8.70. The van der Waals surface area contributed by atoms with Crippen molar-refractivity contribution < 1.29 is 9.90 Å². The van der Waals surface area contributed by atoms with Crippen LogP contribution in [0, 0.1) is 5.92 Å². The molecule has 0 bridgehead atoms. The highest BCUT2D eigenvalue weighted by Crippen LogP contribution is 2.30. The molecule has 0 aromatic carbocycles. The number of tetrazole rings is 1. The molecule has 0 aliphatic carbocycles. The lowest BCUT2D eigenvalue weighted by atomic mass is 9.83. The van der Waals surface area contributed by atoms with Gasteiger partial charge in [0.25, 0.3) is 0 Å². The van der Waals surface area contributed by atoms with Crippen LogP contribution in [0.25, 0.3) is 0 Å². The van der Waals surface area contributed by atoms with Gasteiger partial charge < -0.3 is 15.3 Å². The van der Waals surface area contributed by atoms with E-state index < -0.39 is 11.9 Å². The molecule has 0 saturated carbocycles. The normalized spacial score (nSPS) is 17.0. The van der Waals surface area contributed by atoms with Gasteiger partial charge in [0.2, 0.25) is 0 Å². The number of nitrogens with zero attached hydrogens (tertiary/aromatic N) is 5. The van der Waals surface area contributed by atoms with Gasteiger partial charge >= 0.3 is 5.97 Å². The van der Waals surface area contributed by atoms with Gasteiger partial charge in [-0.15, -0.1) is 5.10 Å². The molecule has 9 nitrogen and oxygen atoms in total. The molecule has 2 aromatic rings. The molecule has 0 radical (unpaired) electrons. The van der Waals surface area contributed by atoms with E-state index in [1.165, 1.54) is 0 Å². The van der Waals surface area contributed by atoms with E-state index in [-0.39, 0.29) is 5.92 Å². The van der Waals surface area contributed by atoms with E-state index in [9.17, 15) is 9.90 Å². The summed E-state index contributed by atoms with van der Waals surface area (Å²) in [6.45, 7) is 5.78. The Balaban J connectivity index is 1.77. The Kier molecular flexibility index (Phi) is 6.11. The average molecular weight is 359 g/mol. The minimum atomic E-state index is -0.821. The highest BCUT2D eigenvalue weighted by atomic mass is 16.4. The Morgan fingerprint density at radius 1 is 1.35 bits per heavy atom. The second-order valence-electron chi connectivity index (χ2n) is 6.59. The van der Waals surface area contributed by atoms with Crippen molar-refractivity contribution in [2.75, 3.05) is 31.1 Å². The molecule has 1 aliphatic rings. The fourth-order valence-corrected chi connectivity index (χ4v) is 3.43. The predicted molar refractivity (Wildman–Crippen MR) is 96.0 cm³/mol. The van der Waals surface area contributed by atoms with Crippen molar-refractivity contribution in [2.24, 2.45) is 5.92 Å². The van der Waals surface area contributed by atoms with Crippen molar-refractivity contribution in [3.8, 4) is 0 Å². The summed E-state index contributed by atoms with van der Waals surface area (Å²) in [5.74, 6) is -0.205. The fourth-order valence-electron chi connectivity index (χ4n) is 3.43. The lowest BCUT2D eigenvalue weighted by Crippen LogP contribution is -2.43. The van der Waals surface area contributed by atoms with Crippen molar-refractivity contribution in [1.29, 1.82) is 0 Å². The summed E-state index contributed by atoms with van der Waals surface area (Å²) in [4.78, 5) is 18.6. The largest absolute Gasteiger partial charge is 0.481 e. The molecule has 0 spiro atoms. The van der Waals surface area contributed by atoms with Crippen molar-refractivity contribution in [3.05, 3.63) is 29.7 Å². The zero-order valence-corrected chi connectivity index (χ0v) is 14.9. The van der Waals surface area contributed by atoms with Gasteiger partial charge in [-0.3, -0.25) is 4.79 Å². The van der Waals surface area contributed by atoms with E-state index in [4.69, 9.17) is 0 Å². The number of hydrogen-bond acceptors (Lipinski definition) is 7.